The summed E-state index contributed by atoms with van der Waals surface area (Å²) in [6, 6.07) is 5.68. The van der Waals surface area contributed by atoms with E-state index in [1.807, 2.05) is 0 Å². The number of amides is 1. The number of nitrogens with one attached hydrogen (secondary N) is 1. The lowest BCUT2D eigenvalue weighted by atomic mass is 10.1. The molecule has 1 amide bonds. The Morgan fingerprint density at radius 3 is 2.39 bits per heavy atom. The van der Waals surface area contributed by atoms with Crippen molar-refractivity contribution in [2.24, 2.45) is 11.7 Å². The van der Waals surface area contributed by atoms with Gasteiger partial charge in [-0.25, -0.2) is 0 Å². The standard InChI is InChI=1S/C11H14F2N2O2.ClH/c1-7(6-14)10(16)15-8-2-4-9(5-3-8)17-11(12)13;/h2-5,7,11H,6,14H2,1H3,(H,15,16);1H. The molecular formula is C11H15ClF2N2O2. The molecule has 0 fully saturated rings. The van der Waals surface area contributed by atoms with E-state index in [1.165, 1.54) is 24.3 Å². The number of nitrogens with two attached hydrogens (primary N) is 1. The van der Waals surface area contributed by atoms with Crippen LogP contribution in [0.25, 0.3) is 0 Å². The van der Waals surface area contributed by atoms with Crippen LogP contribution in [0.5, 0.6) is 5.75 Å². The molecule has 4 nitrogen and oxygen atoms in total. The van der Waals surface area contributed by atoms with Gasteiger partial charge >= 0.3 is 6.61 Å². The van der Waals surface area contributed by atoms with Crippen molar-refractivity contribution in [2.45, 2.75) is 13.5 Å². The quantitative estimate of drug-likeness (QED) is 0.869. The zero-order chi connectivity index (χ0) is 12.8. The second-order valence-electron chi connectivity index (χ2n) is 3.53. The summed E-state index contributed by atoms with van der Waals surface area (Å²) < 4.78 is 27.9. The number of alkyl halides is 2. The summed E-state index contributed by atoms with van der Waals surface area (Å²) in [5.41, 5.74) is 5.85. The van der Waals surface area contributed by atoms with Crippen LogP contribution < -0.4 is 15.8 Å². The van der Waals surface area contributed by atoms with Gasteiger partial charge in [0.25, 0.3) is 0 Å². The Morgan fingerprint density at radius 1 is 1.39 bits per heavy atom. The normalized spacial score (nSPS) is 11.6. The van der Waals surface area contributed by atoms with Gasteiger partial charge in [-0.05, 0) is 24.3 Å². The smallest absolute Gasteiger partial charge is 0.387 e. The molecule has 1 atom stereocenters. The summed E-state index contributed by atoms with van der Waals surface area (Å²) in [5.74, 6) is -0.466. The summed E-state index contributed by atoms with van der Waals surface area (Å²) in [5, 5.41) is 2.61. The van der Waals surface area contributed by atoms with Crippen molar-refractivity contribution in [1.29, 1.82) is 0 Å². The van der Waals surface area contributed by atoms with E-state index >= 15 is 0 Å². The first kappa shape index (κ1) is 16.6. The highest BCUT2D eigenvalue weighted by Crippen LogP contribution is 2.18. The van der Waals surface area contributed by atoms with Gasteiger partial charge in [-0.15, -0.1) is 12.4 Å². The maximum absolute atomic E-state index is 11.9. The first-order chi connectivity index (χ1) is 8.02. The SMILES string of the molecule is CC(CN)C(=O)Nc1ccc(OC(F)F)cc1.Cl. The van der Waals surface area contributed by atoms with Crippen LogP contribution in [0.3, 0.4) is 0 Å². The third-order valence-electron chi connectivity index (χ3n) is 2.15. The minimum absolute atomic E-state index is 0. The Bertz CT molecular complexity index is 374. The Hall–Kier alpha value is -1.40. The molecule has 0 aliphatic heterocycles. The highest BCUT2D eigenvalue weighted by Gasteiger charge is 2.11. The number of hydrogen-bond acceptors (Lipinski definition) is 3. The highest BCUT2D eigenvalue weighted by molar-refractivity contribution is 5.92. The lowest BCUT2D eigenvalue weighted by Gasteiger charge is -2.10. The Kier molecular flexibility index (Phi) is 7.23. The average molecular weight is 281 g/mol. The Balaban J connectivity index is 0.00000289. The topological polar surface area (TPSA) is 64.4 Å². The molecule has 0 saturated carbocycles. The number of anilines is 1. The maximum Gasteiger partial charge on any atom is 0.387 e. The number of hydrogen-bond donors (Lipinski definition) is 2. The van der Waals surface area contributed by atoms with E-state index in [4.69, 9.17) is 5.73 Å². The van der Waals surface area contributed by atoms with Crippen molar-refractivity contribution in [3.63, 3.8) is 0 Å². The van der Waals surface area contributed by atoms with Crippen LogP contribution >= 0.6 is 12.4 Å². The van der Waals surface area contributed by atoms with Crippen LogP contribution in [0.15, 0.2) is 24.3 Å². The zero-order valence-corrected chi connectivity index (χ0v) is 10.5. The molecule has 0 spiro atoms. The summed E-state index contributed by atoms with van der Waals surface area (Å²) in [6.45, 7) is -0.908. The second kappa shape index (κ2) is 7.84. The van der Waals surface area contributed by atoms with Crippen LogP contribution in [0, 0.1) is 5.92 Å². The minimum atomic E-state index is -2.85. The fourth-order valence-electron chi connectivity index (χ4n) is 1.09. The molecule has 3 N–H and O–H groups in total. The third-order valence-corrected chi connectivity index (χ3v) is 2.15. The molecule has 1 rings (SSSR count). The highest BCUT2D eigenvalue weighted by atomic mass is 35.5. The van der Waals surface area contributed by atoms with E-state index in [2.05, 4.69) is 10.1 Å². The van der Waals surface area contributed by atoms with Gasteiger partial charge in [0.05, 0.1) is 0 Å². The van der Waals surface area contributed by atoms with Crippen LogP contribution in [0.1, 0.15) is 6.92 Å². The van der Waals surface area contributed by atoms with Crippen molar-refractivity contribution < 1.29 is 18.3 Å². The van der Waals surface area contributed by atoms with E-state index in [9.17, 15) is 13.6 Å². The number of carbonyl (C=O) groups is 1. The summed E-state index contributed by atoms with van der Waals surface area (Å²) in [7, 11) is 0. The van der Waals surface area contributed by atoms with E-state index < -0.39 is 6.61 Å². The minimum Gasteiger partial charge on any atom is -0.435 e. The number of ether oxygens (including phenoxy) is 1. The van der Waals surface area contributed by atoms with Crippen LogP contribution in [0.2, 0.25) is 0 Å². The average Bonchev–Trinajstić information content (AvgIpc) is 2.30. The largest absolute Gasteiger partial charge is 0.435 e. The molecule has 0 radical (unpaired) electrons. The van der Waals surface area contributed by atoms with Gasteiger partial charge in [0.15, 0.2) is 0 Å². The predicted molar refractivity (Wildman–Crippen MR) is 67.2 cm³/mol. The first-order valence-corrected chi connectivity index (χ1v) is 5.08. The zero-order valence-electron chi connectivity index (χ0n) is 9.73. The van der Waals surface area contributed by atoms with Crippen LogP contribution in [-0.4, -0.2) is 19.1 Å². The molecule has 1 aromatic carbocycles. The number of benzene rings is 1. The lowest BCUT2D eigenvalue weighted by molar-refractivity contribution is -0.119. The Labute approximate surface area is 110 Å². The summed E-state index contributed by atoms with van der Waals surface area (Å²) >= 11 is 0. The predicted octanol–water partition coefficient (Wildman–Crippen LogP) is 2.24. The van der Waals surface area contributed by atoms with E-state index in [0.717, 1.165) is 0 Å². The number of rotatable bonds is 5. The van der Waals surface area contributed by atoms with Gasteiger partial charge in [0, 0.05) is 18.2 Å². The van der Waals surface area contributed by atoms with Gasteiger partial charge in [-0.1, -0.05) is 6.92 Å². The van der Waals surface area contributed by atoms with Gasteiger partial charge in [0.2, 0.25) is 5.91 Å². The lowest BCUT2D eigenvalue weighted by Crippen LogP contribution is -2.26. The second-order valence-corrected chi connectivity index (χ2v) is 3.53. The molecule has 0 saturated heterocycles. The van der Waals surface area contributed by atoms with Crippen molar-refractivity contribution in [3.05, 3.63) is 24.3 Å². The molecule has 0 bridgehead atoms. The van der Waals surface area contributed by atoms with Gasteiger partial charge < -0.3 is 15.8 Å². The Morgan fingerprint density at radius 2 is 1.94 bits per heavy atom. The third kappa shape index (κ3) is 5.29. The van der Waals surface area contributed by atoms with Crippen molar-refractivity contribution in [1.82, 2.24) is 0 Å². The molecule has 0 aliphatic carbocycles. The molecule has 18 heavy (non-hydrogen) atoms. The summed E-state index contributed by atoms with van der Waals surface area (Å²) in [6.07, 6.45) is 0. The van der Waals surface area contributed by atoms with Crippen LogP contribution in [-0.2, 0) is 4.79 Å². The van der Waals surface area contributed by atoms with Crippen LogP contribution in [0.4, 0.5) is 14.5 Å². The van der Waals surface area contributed by atoms with E-state index in [0.29, 0.717) is 5.69 Å². The molecule has 7 heteroatoms. The molecular weight excluding hydrogens is 266 g/mol. The molecule has 0 aliphatic rings. The molecule has 0 heterocycles. The van der Waals surface area contributed by atoms with Gasteiger partial charge in [-0.3, -0.25) is 4.79 Å². The van der Waals surface area contributed by atoms with E-state index in [-0.39, 0.29) is 36.5 Å². The van der Waals surface area contributed by atoms with Crippen molar-refractivity contribution >= 4 is 24.0 Å². The van der Waals surface area contributed by atoms with E-state index in [1.54, 1.807) is 6.92 Å². The van der Waals surface area contributed by atoms with Crippen molar-refractivity contribution in [2.75, 3.05) is 11.9 Å². The maximum atomic E-state index is 11.9. The number of carbonyl (C=O) groups excluding carboxylic acids is 1. The fraction of sp³-hybridized carbons (Fsp3) is 0.364. The molecule has 1 aromatic rings. The first-order valence-electron chi connectivity index (χ1n) is 5.08. The monoisotopic (exact) mass is 280 g/mol. The molecule has 1 unspecified atom stereocenters. The number of halogens is 3. The van der Waals surface area contributed by atoms with Gasteiger partial charge in [0.1, 0.15) is 5.75 Å². The molecule has 0 aromatic heterocycles. The fourth-order valence-corrected chi connectivity index (χ4v) is 1.09. The summed E-state index contributed by atoms with van der Waals surface area (Å²) in [4.78, 5) is 11.5. The van der Waals surface area contributed by atoms with Gasteiger partial charge in [-0.2, -0.15) is 8.78 Å². The molecule has 102 valence electrons. The van der Waals surface area contributed by atoms with Crippen molar-refractivity contribution in [3.8, 4) is 5.75 Å².